The molecule has 4 nitrogen and oxygen atoms in total. The molecule has 1 aromatic carbocycles. The van der Waals surface area contributed by atoms with Crippen molar-refractivity contribution in [2.45, 2.75) is 12.8 Å². The molecule has 0 saturated carbocycles. The van der Waals surface area contributed by atoms with Gasteiger partial charge < -0.3 is 9.84 Å². The molecule has 1 aromatic heterocycles. The molecule has 1 heterocycles. The maximum absolute atomic E-state index is 9.52. The first-order valence-corrected chi connectivity index (χ1v) is 6.42. The Morgan fingerprint density at radius 1 is 1.32 bits per heavy atom. The number of aromatic nitrogens is 2. The molecule has 2 rings (SSSR count). The van der Waals surface area contributed by atoms with E-state index in [-0.39, 0.29) is 12.5 Å². The monoisotopic (exact) mass is 260 g/mol. The van der Waals surface area contributed by atoms with Gasteiger partial charge in [-0.3, -0.25) is 4.68 Å². The number of aliphatic hydroxyl groups excluding tert-OH is 1. The molecule has 0 spiro atoms. The van der Waals surface area contributed by atoms with Gasteiger partial charge in [0.15, 0.2) is 0 Å². The molecule has 1 unspecified atom stereocenters. The predicted molar refractivity (Wildman–Crippen MR) is 74.2 cm³/mol. The van der Waals surface area contributed by atoms with E-state index in [0.29, 0.717) is 0 Å². The average molecular weight is 260 g/mol. The summed E-state index contributed by atoms with van der Waals surface area (Å²) in [6, 6.07) is 7.99. The molecule has 102 valence electrons. The van der Waals surface area contributed by atoms with Crippen molar-refractivity contribution in [2.24, 2.45) is 13.0 Å². The van der Waals surface area contributed by atoms with Crippen molar-refractivity contribution in [1.82, 2.24) is 9.78 Å². The molecular formula is C15H20N2O2. The van der Waals surface area contributed by atoms with Crippen molar-refractivity contribution in [2.75, 3.05) is 13.7 Å². The van der Waals surface area contributed by atoms with Gasteiger partial charge in [-0.15, -0.1) is 0 Å². The zero-order valence-electron chi connectivity index (χ0n) is 11.4. The lowest BCUT2D eigenvalue weighted by atomic mass is 9.94. The van der Waals surface area contributed by atoms with Crippen molar-refractivity contribution in [3.63, 3.8) is 0 Å². The Labute approximate surface area is 113 Å². The van der Waals surface area contributed by atoms with E-state index < -0.39 is 0 Å². The molecule has 0 aliphatic heterocycles. The van der Waals surface area contributed by atoms with E-state index in [1.54, 1.807) is 11.8 Å². The minimum absolute atomic E-state index is 0.173. The zero-order chi connectivity index (χ0) is 13.7. The summed E-state index contributed by atoms with van der Waals surface area (Å²) in [6.07, 6.45) is 5.52. The summed E-state index contributed by atoms with van der Waals surface area (Å²) < 4.78 is 7.00. The van der Waals surface area contributed by atoms with Crippen molar-refractivity contribution >= 4 is 0 Å². The quantitative estimate of drug-likeness (QED) is 0.862. The highest BCUT2D eigenvalue weighted by Gasteiger charge is 2.11. The number of nitrogens with zero attached hydrogens (tertiary/aromatic N) is 2. The lowest BCUT2D eigenvalue weighted by molar-refractivity contribution is 0.225. The molecule has 0 saturated heterocycles. The van der Waals surface area contributed by atoms with Crippen LogP contribution in [0, 0.1) is 5.92 Å². The summed E-state index contributed by atoms with van der Waals surface area (Å²) in [7, 11) is 3.57. The van der Waals surface area contributed by atoms with Crippen molar-refractivity contribution in [3.05, 3.63) is 47.8 Å². The Bertz CT molecular complexity index is 522. The maximum atomic E-state index is 9.52. The fraction of sp³-hybridized carbons (Fsp3) is 0.400. The molecule has 0 aliphatic carbocycles. The van der Waals surface area contributed by atoms with Gasteiger partial charge >= 0.3 is 0 Å². The Balaban J connectivity index is 2.01. The van der Waals surface area contributed by atoms with Gasteiger partial charge in [-0.2, -0.15) is 5.10 Å². The molecule has 1 atom stereocenters. The third-order valence-corrected chi connectivity index (χ3v) is 3.20. The van der Waals surface area contributed by atoms with Crippen LogP contribution in [0.2, 0.25) is 0 Å². The van der Waals surface area contributed by atoms with Gasteiger partial charge in [-0.25, -0.2) is 0 Å². The summed E-state index contributed by atoms with van der Waals surface area (Å²) in [5, 5.41) is 13.7. The first-order valence-electron chi connectivity index (χ1n) is 6.42. The summed E-state index contributed by atoms with van der Waals surface area (Å²) >= 11 is 0. The van der Waals surface area contributed by atoms with E-state index in [4.69, 9.17) is 4.74 Å². The van der Waals surface area contributed by atoms with Crippen molar-refractivity contribution in [3.8, 4) is 5.75 Å². The molecule has 2 aromatic rings. The number of aliphatic hydroxyl groups is 1. The Morgan fingerprint density at radius 3 is 2.74 bits per heavy atom. The first kappa shape index (κ1) is 13.6. The Kier molecular flexibility index (Phi) is 4.58. The molecule has 4 heteroatoms. The van der Waals surface area contributed by atoms with Crippen LogP contribution in [-0.2, 0) is 19.9 Å². The number of aryl methyl sites for hydroxylation is 1. The highest BCUT2D eigenvalue weighted by atomic mass is 16.5. The van der Waals surface area contributed by atoms with Crippen molar-refractivity contribution in [1.29, 1.82) is 0 Å². The van der Waals surface area contributed by atoms with Gasteiger partial charge in [-0.05, 0) is 42.0 Å². The third-order valence-electron chi connectivity index (χ3n) is 3.20. The number of methoxy groups -OCH3 is 1. The van der Waals surface area contributed by atoms with Gasteiger partial charge in [0.2, 0.25) is 0 Å². The minimum atomic E-state index is 0.173. The molecule has 0 radical (unpaired) electrons. The standard InChI is InChI=1S/C15H20N2O2/c1-17-10-14(9-16-17)7-13(11-18)6-12-4-3-5-15(8-12)19-2/h3-5,8-10,13,18H,6-7,11H2,1-2H3. The number of benzene rings is 1. The van der Waals surface area contributed by atoms with E-state index in [0.717, 1.165) is 24.2 Å². The lowest BCUT2D eigenvalue weighted by Gasteiger charge is -2.13. The van der Waals surface area contributed by atoms with Crippen LogP contribution in [0.5, 0.6) is 5.75 Å². The van der Waals surface area contributed by atoms with Crippen LogP contribution in [0.4, 0.5) is 0 Å². The average Bonchev–Trinajstić information content (AvgIpc) is 2.83. The van der Waals surface area contributed by atoms with E-state index in [1.165, 1.54) is 5.56 Å². The number of hydrogen-bond acceptors (Lipinski definition) is 3. The van der Waals surface area contributed by atoms with Crippen LogP contribution >= 0.6 is 0 Å². The normalized spacial score (nSPS) is 12.4. The SMILES string of the molecule is COc1cccc(CC(CO)Cc2cnn(C)c2)c1. The Hall–Kier alpha value is -1.81. The second kappa shape index (κ2) is 6.38. The largest absolute Gasteiger partial charge is 0.497 e. The smallest absolute Gasteiger partial charge is 0.119 e. The topological polar surface area (TPSA) is 47.3 Å². The van der Waals surface area contributed by atoms with Crippen LogP contribution in [0.1, 0.15) is 11.1 Å². The van der Waals surface area contributed by atoms with E-state index in [1.807, 2.05) is 37.6 Å². The molecule has 19 heavy (non-hydrogen) atoms. The molecular weight excluding hydrogens is 240 g/mol. The third kappa shape index (κ3) is 3.83. The summed E-state index contributed by atoms with van der Waals surface area (Å²) in [5.41, 5.74) is 2.34. The number of hydrogen-bond donors (Lipinski definition) is 1. The van der Waals surface area contributed by atoms with Crippen LogP contribution in [-0.4, -0.2) is 28.6 Å². The van der Waals surface area contributed by atoms with Gasteiger partial charge in [-0.1, -0.05) is 12.1 Å². The molecule has 0 bridgehead atoms. The van der Waals surface area contributed by atoms with E-state index in [9.17, 15) is 5.11 Å². The van der Waals surface area contributed by atoms with Gasteiger partial charge in [0.25, 0.3) is 0 Å². The Morgan fingerprint density at radius 2 is 2.11 bits per heavy atom. The zero-order valence-corrected chi connectivity index (χ0v) is 11.4. The van der Waals surface area contributed by atoms with Crippen molar-refractivity contribution < 1.29 is 9.84 Å². The fourth-order valence-corrected chi connectivity index (χ4v) is 2.24. The highest BCUT2D eigenvalue weighted by Crippen LogP contribution is 2.18. The molecule has 0 amide bonds. The van der Waals surface area contributed by atoms with Crippen LogP contribution in [0.25, 0.3) is 0 Å². The minimum Gasteiger partial charge on any atom is -0.497 e. The first-order chi connectivity index (χ1) is 9.21. The predicted octanol–water partition coefficient (Wildman–Crippen LogP) is 1.82. The summed E-state index contributed by atoms with van der Waals surface area (Å²) in [5.74, 6) is 1.06. The second-order valence-electron chi connectivity index (χ2n) is 4.83. The molecule has 0 aliphatic rings. The fourth-order valence-electron chi connectivity index (χ4n) is 2.24. The van der Waals surface area contributed by atoms with Gasteiger partial charge in [0, 0.05) is 19.9 Å². The van der Waals surface area contributed by atoms with E-state index in [2.05, 4.69) is 11.2 Å². The highest BCUT2D eigenvalue weighted by molar-refractivity contribution is 5.28. The van der Waals surface area contributed by atoms with Crippen LogP contribution < -0.4 is 4.74 Å². The van der Waals surface area contributed by atoms with Crippen LogP contribution in [0.3, 0.4) is 0 Å². The van der Waals surface area contributed by atoms with Gasteiger partial charge in [0.05, 0.1) is 13.3 Å². The number of rotatable bonds is 6. The summed E-state index contributed by atoms with van der Waals surface area (Å²) in [4.78, 5) is 0. The second-order valence-corrected chi connectivity index (χ2v) is 4.83. The van der Waals surface area contributed by atoms with E-state index >= 15 is 0 Å². The molecule has 0 fully saturated rings. The number of ether oxygens (including phenoxy) is 1. The van der Waals surface area contributed by atoms with Crippen LogP contribution in [0.15, 0.2) is 36.7 Å². The van der Waals surface area contributed by atoms with Gasteiger partial charge in [0.1, 0.15) is 5.75 Å². The molecule has 1 N–H and O–H groups in total. The maximum Gasteiger partial charge on any atom is 0.119 e. The summed E-state index contributed by atoms with van der Waals surface area (Å²) in [6.45, 7) is 0.173. The lowest BCUT2D eigenvalue weighted by Crippen LogP contribution is -2.12.